The van der Waals surface area contributed by atoms with Gasteiger partial charge in [-0.05, 0) is 48.9 Å². The van der Waals surface area contributed by atoms with Crippen molar-refractivity contribution < 1.29 is 4.79 Å². The lowest BCUT2D eigenvalue weighted by Crippen LogP contribution is -2.41. The summed E-state index contributed by atoms with van der Waals surface area (Å²) in [6.07, 6.45) is 7.66. The van der Waals surface area contributed by atoms with Gasteiger partial charge in [-0.3, -0.25) is 4.79 Å². The van der Waals surface area contributed by atoms with Gasteiger partial charge in [0.2, 0.25) is 0 Å². The Morgan fingerprint density at radius 1 is 1.21 bits per heavy atom. The van der Waals surface area contributed by atoms with Crippen molar-refractivity contribution in [2.45, 2.75) is 38.5 Å². The van der Waals surface area contributed by atoms with E-state index in [-0.39, 0.29) is 5.91 Å². The smallest absolute Gasteiger partial charge is 0.254 e. The number of rotatable bonds is 2. The average Bonchev–Trinajstić information content (AvgIpc) is 2.43. The van der Waals surface area contributed by atoms with Crippen molar-refractivity contribution >= 4 is 21.8 Å². The molecule has 0 radical (unpaired) electrons. The molecule has 0 spiro atoms. The molecule has 1 aliphatic heterocycles. The van der Waals surface area contributed by atoms with Crippen LogP contribution in [0.3, 0.4) is 0 Å². The molecular weight excluding hydrogens is 302 g/mol. The van der Waals surface area contributed by atoms with Crippen LogP contribution in [-0.4, -0.2) is 23.9 Å². The number of fused-ring (bicyclic) bond motifs is 1. The second-order valence-electron chi connectivity index (χ2n) is 5.81. The first-order chi connectivity index (χ1) is 9.24. The number of amides is 1. The molecular formula is C16H20BrNO. The lowest BCUT2D eigenvalue weighted by molar-refractivity contribution is 0.0697. The van der Waals surface area contributed by atoms with Gasteiger partial charge in [0, 0.05) is 23.1 Å². The Labute approximate surface area is 123 Å². The molecule has 0 atom stereocenters. The van der Waals surface area contributed by atoms with Crippen LogP contribution in [0.1, 0.15) is 48.0 Å². The van der Waals surface area contributed by atoms with E-state index in [0.29, 0.717) is 0 Å². The van der Waals surface area contributed by atoms with Gasteiger partial charge in [0.05, 0.1) is 0 Å². The third-order valence-electron chi connectivity index (χ3n) is 4.44. The minimum atomic E-state index is 0.235. The Balaban J connectivity index is 1.72. The first kappa shape index (κ1) is 13.2. The van der Waals surface area contributed by atoms with Crippen molar-refractivity contribution in [3.8, 4) is 0 Å². The van der Waals surface area contributed by atoms with Crippen LogP contribution in [0, 0.1) is 5.92 Å². The quantitative estimate of drug-likeness (QED) is 0.805. The van der Waals surface area contributed by atoms with Crippen LogP contribution in [0.5, 0.6) is 0 Å². The fraction of sp³-hybridized carbons (Fsp3) is 0.562. The summed E-state index contributed by atoms with van der Waals surface area (Å²) in [4.78, 5) is 14.6. The Morgan fingerprint density at radius 3 is 2.79 bits per heavy atom. The molecule has 1 amide bonds. The third kappa shape index (κ3) is 2.86. The molecule has 1 heterocycles. The van der Waals surface area contributed by atoms with Gasteiger partial charge < -0.3 is 4.90 Å². The highest BCUT2D eigenvalue weighted by molar-refractivity contribution is 9.10. The standard InChI is InChI=1S/C16H20BrNO/c17-14-6-7-15-13(10-14)8-9-18(16(15)19)11-12-4-2-1-3-5-12/h6-7,10,12H,1-5,8-9,11H2. The summed E-state index contributed by atoms with van der Waals surface area (Å²) in [5.41, 5.74) is 2.10. The second-order valence-corrected chi connectivity index (χ2v) is 6.72. The van der Waals surface area contributed by atoms with E-state index in [1.807, 2.05) is 12.1 Å². The molecule has 1 fully saturated rings. The van der Waals surface area contributed by atoms with Gasteiger partial charge in [-0.1, -0.05) is 35.2 Å². The van der Waals surface area contributed by atoms with Crippen molar-refractivity contribution in [1.29, 1.82) is 0 Å². The SMILES string of the molecule is O=C1c2ccc(Br)cc2CCN1CC1CCCCC1. The lowest BCUT2D eigenvalue weighted by Gasteiger charge is -2.33. The van der Waals surface area contributed by atoms with Crippen molar-refractivity contribution in [3.63, 3.8) is 0 Å². The fourth-order valence-electron chi connectivity index (χ4n) is 3.36. The molecule has 0 aromatic heterocycles. The number of hydrogen-bond acceptors (Lipinski definition) is 1. The summed E-state index contributed by atoms with van der Waals surface area (Å²) in [5.74, 6) is 0.967. The maximum absolute atomic E-state index is 12.5. The number of benzene rings is 1. The molecule has 1 aromatic rings. The molecule has 0 N–H and O–H groups in total. The maximum atomic E-state index is 12.5. The van der Waals surface area contributed by atoms with Gasteiger partial charge >= 0.3 is 0 Å². The van der Waals surface area contributed by atoms with Crippen molar-refractivity contribution in [2.75, 3.05) is 13.1 Å². The summed E-state index contributed by atoms with van der Waals surface area (Å²) in [7, 11) is 0. The minimum Gasteiger partial charge on any atom is -0.338 e. The largest absolute Gasteiger partial charge is 0.338 e. The fourth-order valence-corrected chi connectivity index (χ4v) is 3.77. The van der Waals surface area contributed by atoms with Crippen molar-refractivity contribution in [1.82, 2.24) is 4.90 Å². The number of halogens is 1. The van der Waals surface area contributed by atoms with Gasteiger partial charge in [-0.15, -0.1) is 0 Å². The topological polar surface area (TPSA) is 20.3 Å². The van der Waals surface area contributed by atoms with E-state index in [2.05, 4.69) is 26.9 Å². The Kier molecular flexibility index (Phi) is 3.92. The highest BCUT2D eigenvalue weighted by atomic mass is 79.9. The van der Waals surface area contributed by atoms with E-state index in [1.54, 1.807) is 0 Å². The minimum absolute atomic E-state index is 0.235. The van der Waals surface area contributed by atoms with Crippen LogP contribution in [-0.2, 0) is 6.42 Å². The molecule has 1 aromatic carbocycles. The van der Waals surface area contributed by atoms with E-state index < -0.39 is 0 Å². The van der Waals surface area contributed by atoms with Crippen molar-refractivity contribution in [3.05, 3.63) is 33.8 Å². The van der Waals surface area contributed by atoms with E-state index in [0.717, 1.165) is 35.5 Å². The lowest BCUT2D eigenvalue weighted by atomic mass is 9.88. The van der Waals surface area contributed by atoms with Gasteiger partial charge in [-0.2, -0.15) is 0 Å². The van der Waals surface area contributed by atoms with Gasteiger partial charge in [0.15, 0.2) is 0 Å². The Morgan fingerprint density at radius 2 is 2.00 bits per heavy atom. The summed E-state index contributed by atoms with van der Waals surface area (Å²) in [6.45, 7) is 1.85. The normalized spacial score (nSPS) is 20.5. The number of carbonyl (C=O) groups is 1. The monoisotopic (exact) mass is 321 g/mol. The van der Waals surface area contributed by atoms with Gasteiger partial charge in [0.1, 0.15) is 0 Å². The number of carbonyl (C=O) groups excluding carboxylic acids is 1. The summed E-state index contributed by atoms with van der Waals surface area (Å²) in [5, 5.41) is 0. The zero-order chi connectivity index (χ0) is 13.2. The molecule has 0 bridgehead atoms. The molecule has 19 heavy (non-hydrogen) atoms. The number of hydrogen-bond donors (Lipinski definition) is 0. The van der Waals surface area contributed by atoms with Crippen LogP contribution in [0.15, 0.2) is 22.7 Å². The molecule has 102 valence electrons. The van der Waals surface area contributed by atoms with Crippen LogP contribution in [0.2, 0.25) is 0 Å². The Bertz CT molecular complexity index is 480. The molecule has 1 aliphatic carbocycles. The number of nitrogens with zero attached hydrogens (tertiary/aromatic N) is 1. The molecule has 2 aliphatic rings. The van der Waals surface area contributed by atoms with Gasteiger partial charge in [0.25, 0.3) is 5.91 Å². The molecule has 0 unspecified atom stereocenters. The van der Waals surface area contributed by atoms with Crippen LogP contribution in [0.25, 0.3) is 0 Å². The molecule has 1 saturated carbocycles. The van der Waals surface area contributed by atoms with Crippen LogP contribution < -0.4 is 0 Å². The molecule has 3 heteroatoms. The first-order valence-corrected chi connectivity index (χ1v) is 8.11. The molecule has 2 nitrogen and oxygen atoms in total. The Hall–Kier alpha value is -0.830. The molecule has 0 saturated heterocycles. The zero-order valence-electron chi connectivity index (χ0n) is 11.2. The van der Waals surface area contributed by atoms with Gasteiger partial charge in [-0.25, -0.2) is 0 Å². The van der Waals surface area contributed by atoms with E-state index in [4.69, 9.17) is 0 Å². The zero-order valence-corrected chi connectivity index (χ0v) is 12.8. The predicted molar refractivity (Wildman–Crippen MR) is 80.3 cm³/mol. The second kappa shape index (κ2) is 5.66. The summed E-state index contributed by atoms with van der Waals surface area (Å²) < 4.78 is 1.07. The highest BCUT2D eigenvalue weighted by Crippen LogP contribution is 2.28. The summed E-state index contributed by atoms with van der Waals surface area (Å²) in [6, 6.07) is 6.03. The van der Waals surface area contributed by atoms with E-state index in [1.165, 1.54) is 37.7 Å². The van der Waals surface area contributed by atoms with Crippen LogP contribution in [0.4, 0.5) is 0 Å². The average molecular weight is 322 g/mol. The van der Waals surface area contributed by atoms with E-state index in [9.17, 15) is 4.79 Å². The highest BCUT2D eigenvalue weighted by Gasteiger charge is 2.26. The third-order valence-corrected chi connectivity index (χ3v) is 4.93. The first-order valence-electron chi connectivity index (χ1n) is 7.32. The predicted octanol–water partition coefficient (Wildman–Crippen LogP) is 4.03. The maximum Gasteiger partial charge on any atom is 0.254 e. The van der Waals surface area contributed by atoms with Crippen LogP contribution >= 0.6 is 15.9 Å². The summed E-state index contributed by atoms with van der Waals surface area (Å²) >= 11 is 3.48. The molecule has 3 rings (SSSR count). The van der Waals surface area contributed by atoms with E-state index >= 15 is 0 Å². The van der Waals surface area contributed by atoms with Crippen molar-refractivity contribution in [2.24, 2.45) is 5.92 Å².